The van der Waals surface area contributed by atoms with Gasteiger partial charge in [-0.2, -0.15) is 0 Å². The van der Waals surface area contributed by atoms with Crippen molar-refractivity contribution in [1.82, 2.24) is 15.2 Å². The van der Waals surface area contributed by atoms with Crippen LogP contribution in [0.15, 0.2) is 30.5 Å². The van der Waals surface area contributed by atoms with Crippen LogP contribution in [0.5, 0.6) is 0 Å². The minimum absolute atomic E-state index is 0.670. The number of hydrogen-bond donors (Lipinski definition) is 1. The first-order chi connectivity index (χ1) is 10.3. The van der Waals surface area contributed by atoms with Crippen molar-refractivity contribution in [3.8, 4) is 0 Å². The minimum atomic E-state index is 0.670. The molecule has 2 aliphatic heterocycles. The second-order valence-electron chi connectivity index (χ2n) is 6.27. The summed E-state index contributed by atoms with van der Waals surface area (Å²) in [5.41, 5.74) is 2.33. The van der Waals surface area contributed by atoms with Crippen LogP contribution in [0.3, 0.4) is 0 Å². The lowest BCUT2D eigenvalue weighted by Gasteiger charge is -2.24. The van der Waals surface area contributed by atoms with E-state index in [0.717, 1.165) is 35.1 Å². The number of aromatic nitrogens is 1. The fourth-order valence-corrected chi connectivity index (χ4v) is 3.94. The lowest BCUT2D eigenvalue weighted by atomic mass is 10.1. The SMILES string of the molecule is Clc1ccc(CN2CCC3CCC(C2)N3)c2ncccc12. The highest BCUT2D eigenvalue weighted by atomic mass is 35.5. The average Bonchev–Trinajstić information content (AvgIpc) is 2.84. The largest absolute Gasteiger partial charge is 0.310 e. The second-order valence-corrected chi connectivity index (χ2v) is 6.67. The molecule has 2 fully saturated rings. The van der Waals surface area contributed by atoms with E-state index in [1.54, 1.807) is 0 Å². The second kappa shape index (κ2) is 5.56. The number of hydrogen-bond acceptors (Lipinski definition) is 3. The first-order valence-electron chi connectivity index (χ1n) is 7.80. The molecule has 0 spiro atoms. The molecule has 21 heavy (non-hydrogen) atoms. The standard InChI is InChI=1S/C17H20ClN3/c18-16-6-3-12(17-15(16)2-1-8-19-17)10-21-9-7-13-4-5-14(11-21)20-13/h1-3,6,8,13-14,20H,4-5,7,9-11H2. The number of fused-ring (bicyclic) bond motifs is 3. The molecule has 110 valence electrons. The summed E-state index contributed by atoms with van der Waals surface area (Å²) in [5.74, 6) is 0. The molecule has 1 N–H and O–H groups in total. The van der Waals surface area contributed by atoms with Gasteiger partial charge in [-0.3, -0.25) is 9.88 Å². The van der Waals surface area contributed by atoms with E-state index in [4.69, 9.17) is 11.6 Å². The predicted molar refractivity (Wildman–Crippen MR) is 86.6 cm³/mol. The van der Waals surface area contributed by atoms with Gasteiger partial charge in [0.2, 0.25) is 0 Å². The van der Waals surface area contributed by atoms with Crippen LogP contribution in [0, 0.1) is 0 Å². The number of nitrogens with one attached hydrogen (secondary N) is 1. The third kappa shape index (κ3) is 2.66. The molecule has 1 aromatic carbocycles. The van der Waals surface area contributed by atoms with Crippen LogP contribution >= 0.6 is 11.6 Å². The lowest BCUT2D eigenvalue weighted by Crippen LogP contribution is -2.35. The molecule has 0 saturated carbocycles. The van der Waals surface area contributed by atoms with Crippen LogP contribution in [0.2, 0.25) is 5.02 Å². The fraction of sp³-hybridized carbons (Fsp3) is 0.471. The zero-order valence-corrected chi connectivity index (χ0v) is 12.8. The van der Waals surface area contributed by atoms with E-state index in [1.165, 1.54) is 31.4 Å². The Bertz CT molecular complexity index is 658. The zero-order chi connectivity index (χ0) is 14.2. The Kier molecular flexibility index (Phi) is 3.57. The van der Waals surface area contributed by atoms with Crippen LogP contribution in [0.1, 0.15) is 24.8 Å². The van der Waals surface area contributed by atoms with Crippen molar-refractivity contribution in [2.45, 2.75) is 37.9 Å². The smallest absolute Gasteiger partial charge is 0.0761 e. The topological polar surface area (TPSA) is 28.2 Å². The molecule has 2 atom stereocenters. The molecular formula is C17H20ClN3. The molecule has 2 bridgehead atoms. The number of rotatable bonds is 2. The Balaban J connectivity index is 1.61. The summed E-state index contributed by atoms with van der Waals surface area (Å²) in [4.78, 5) is 7.12. The van der Waals surface area contributed by atoms with Crippen LogP contribution in [-0.2, 0) is 6.54 Å². The highest BCUT2D eigenvalue weighted by Crippen LogP contribution is 2.27. The monoisotopic (exact) mass is 301 g/mol. The Morgan fingerprint density at radius 1 is 1.19 bits per heavy atom. The Morgan fingerprint density at radius 3 is 3.05 bits per heavy atom. The van der Waals surface area contributed by atoms with E-state index in [2.05, 4.69) is 27.3 Å². The number of nitrogens with zero attached hydrogens (tertiary/aromatic N) is 2. The molecule has 3 nitrogen and oxygen atoms in total. The van der Waals surface area contributed by atoms with Crippen molar-refractivity contribution >= 4 is 22.5 Å². The third-order valence-corrected chi connectivity index (χ3v) is 5.13. The van der Waals surface area contributed by atoms with Crippen LogP contribution in [0.4, 0.5) is 0 Å². The quantitative estimate of drug-likeness (QED) is 0.923. The fourth-order valence-electron chi connectivity index (χ4n) is 3.72. The van der Waals surface area contributed by atoms with Gasteiger partial charge in [-0.1, -0.05) is 17.7 Å². The summed E-state index contributed by atoms with van der Waals surface area (Å²) in [6, 6.07) is 9.55. The van der Waals surface area contributed by atoms with Crippen molar-refractivity contribution in [3.63, 3.8) is 0 Å². The van der Waals surface area contributed by atoms with E-state index in [-0.39, 0.29) is 0 Å². The molecular weight excluding hydrogens is 282 g/mol. The van der Waals surface area contributed by atoms with Crippen LogP contribution < -0.4 is 5.32 Å². The van der Waals surface area contributed by atoms with E-state index >= 15 is 0 Å². The Hall–Kier alpha value is -1.16. The molecule has 0 amide bonds. The highest BCUT2D eigenvalue weighted by molar-refractivity contribution is 6.35. The minimum Gasteiger partial charge on any atom is -0.310 e. The van der Waals surface area contributed by atoms with Gasteiger partial charge in [0, 0.05) is 48.3 Å². The van der Waals surface area contributed by atoms with E-state index in [0.29, 0.717) is 6.04 Å². The normalized spacial score (nSPS) is 26.1. The number of benzene rings is 1. The number of halogens is 1. The van der Waals surface area contributed by atoms with Gasteiger partial charge in [-0.15, -0.1) is 0 Å². The van der Waals surface area contributed by atoms with Gasteiger partial charge in [0.05, 0.1) is 5.52 Å². The van der Waals surface area contributed by atoms with Gasteiger partial charge < -0.3 is 5.32 Å². The summed E-state index contributed by atoms with van der Waals surface area (Å²) in [6.45, 7) is 3.29. The maximum atomic E-state index is 6.29. The summed E-state index contributed by atoms with van der Waals surface area (Å²) in [6.07, 6.45) is 5.79. The van der Waals surface area contributed by atoms with Crippen molar-refractivity contribution in [2.24, 2.45) is 0 Å². The molecule has 2 aromatic rings. The first kappa shape index (κ1) is 13.5. The number of pyridine rings is 1. The van der Waals surface area contributed by atoms with E-state index in [1.807, 2.05) is 18.3 Å². The summed E-state index contributed by atoms with van der Waals surface area (Å²) < 4.78 is 0. The third-order valence-electron chi connectivity index (χ3n) is 4.80. The maximum absolute atomic E-state index is 6.29. The van der Waals surface area contributed by atoms with Crippen molar-refractivity contribution in [3.05, 3.63) is 41.0 Å². The van der Waals surface area contributed by atoms with Crippen molar-refractivity contribution in [1.29, 1.82) is 0 Å². The Morgan fingerprint density at radius 2 is 2.10 bits per heavy atom. The molecule has 0 radical (unpaired) electrons. The molecule has 4 rings (SSSR count). The molecule has 2 unspecified atom stereocenters. The summed E-state index contributed by atoms with van der Waals surface area (Å²) in [7, 11) is 0. The zero-order valence-electron chi connectivity index (χ0n) is 12.1. The van der Waals surface area contributed by atoms with Gasteiger partial charge in [0.1, 0.15) is 0 Å². The predicted octanol–water partition coefficient (Wildman–Crippen LogP) is 3.21. The van der Waals surface area contributed by atoms with Gasteiger partial charge >= 0.3 is 0 Å². The Labute approximate surface area is 130 Å². The lowest BCUT2D eigenvalue weighted by molar-refractivity contribution is 0.251. The molecule has 3 heterocycles. The molecule has 2 aliphatic rings. The van der Waals surface area contributed by atoms with Gasteiger partial charge in [0.15, 0.2) is 0 Å². The van der Waals surface area contributed by atoms with Crippen LogP contribution in [0.25, 0.3) is 10.9 Å². The number of likely N-dealkylation sites (tertiary alicyclic amines) is 1. The summed E-state index contributed by atoms with van der Waals surface area (Å²) in [5, 5.41) is 5.59. The van der Waals surface area contributed by atoms with Gasteiger partial charge in [-0.05, 0) is 43.0 Å². The average molecular weight is 302 g/mol. The molecule has 0 aliphatic carbocycles. The first-order valence-corrected chi connectivity index (χ1v) is 8.18. The van der Waals surface area contributed by atoms with Crippen molar-refractivity contribution < 1.29 is 0 Å². The highest BCUT2D eigenvalue weighted by Gasteiger charge is 2.29. The van der Waals surface area contributed by atoms with Crippen LogP contribution in [-0.4, -0.2) is 35.1 Å². The molecule has 2 saturated heterocycles. The van der Waals surface area contributed by atoms with Crippen molar-refractivity contribution in [2.75, 3.05) is 13.1 Å². The molecule has 1 aromatic heterocycles. The van der Waals surface area contributed by atoms with Gasteiger partial charge in [0.25, 0.3) is 0 Å². The van der Waals surface area contributed by atoms with Gasteiger partial charge in [-0.25, -0.2) is 0 Å². The summed E-state index contributed by atoms with van der Waals surface area (Å²) >= 11 is 6.29. The van der Waals surface area contributed by atoms with E-state index < -0.39 is 0 Å². The molecule has 4 heteroatoms. The van der Waals surface area contributed by atoms with E-state index in [9.17, 15) is 0 Å². The maximum Gasteiger partial charge on any atom is 0.0761 e.